The van der Waals surface area contributed by atoms with Crippen molar-refractivity contribution in [3.05, 3.63) is 0 Å². The van der Waals surface area contributed by atoms with Gasteiger partial charge in [0.15, 0.2) is 0 Å². The summed E-state index contributed by atoms with van der Waals surface area (Å²) in [4.78, 5) is 23.9. The van der Waals surface area contributed by atoms with Crippen LogP contribution >= 0.6 is 0 Å². The van der Waals surface area contributed by atoms with Gasteiger partial charge in [-0.2, -0.15) is 0 Å². The van der Waals surface area contributed by atoms with Gasteiger partial charge in [0, 0.05) is 38.8 Å². The van der Waals surface area contributed by atoms with E-state index in [1.165, 1.54) is 38.5 Å². The second-order valence-corrected chi connectivity index (χ2v) is 12.2. The molecule has 38 heavy (non-hydrogen) atoms. The van der Waals surface area contributed by atoms with Crippen molar-refractivity contribution in [3.63, 3.8) is 0 Å². The molecule has 0 aromatic rings. The Morgan fingerprint density at radius 2 is 0.921 bits per heavy atom. The smallest absolute Gasteiger partial charge is 0.219 e. The van der Waals surface area contributed by atoms with E-state index in [1.54, 1.807) is 0 Å². The van der Waals surface area contributed by atoms with E-state index in [0.29, 0.717) is 24.7 Å². The molecule has 0 bridgehead atoms. The molecule has 0 saturated carbocycles. The Morgan fingerprint density at radius 3 is 1.29 bits per heavy atom. The number of carbonyl (C=O) groups excluding carboxylic acids is 2. The molecule has 0 aromatic heterocycles. The van der Waals surface area contributed by atoms with Gasteiger partial charge in [0.1, 0.15) is 0 Å². The molecule has 0 aliphatic rings. The maximum absolute atomic E-state index is 12.0. The van der Waals surface area contributed by atoms with Gasteiger partial charge in [-0.05, 0) is 74.0 Å². The standard InChI is InChI=1S/C34H60N2O2/c1-29(2)19-17-21-31(5)25-27-35-33(37)23-15-13-11-9-7-8-10-12-14-16-24-34(38)36-28-26-32(6)22-18-20-30(3)4/h29-32H,11-28H2,1-6H3,(H,35,37)(H,36,38)/t31-,32-/m1/s1. The van der Waals surface area contributed by atoms with E-state index >= 15 is 0 Å². The van der Waals surface area contributed by atoms with Gasteiger partial charge in [0.25, 0.3) is 0 Å². The van der Waals surface area contributed by atoms with Gasteiger partial charge in [-0.15, -0.1) is 0 Å². The largest absolute Gasteiger partial charge is 0.356 e. The summed E-state index contributed by atoms with van der Waals surface area (Å²) in [6, 6.07) is 0. The normalized spacial score (nSPS) is 12.3. The number of carbonyl (C=O) groups is 2. The van der Waals surface area contributed by atoms with Crippen LogP contribution in [0.25, 0.3) is 0 Å². The number of nitrogens with one attached hydrogen (secondary N) is 2. The summed E-state index contributed by atoms with van der Waals surface area (Å²) in [5.74, 6) is 15.2. The molecule has 4 heteroatoms. The van der Waals surface area contributed by atoms with Gasteiger partial charge in [-0.3, -0.25) is 9.59 Å². The molecule has 0 saturated heterocycles. The lowest BCUT2D eigenvalue weighted by Gasteiger charge is -2.12. The van der Waals surface area contributed by atoms with Gasteiger partial charge < -0.3 is 10.6 Å². The zero-order chi connectivity index (χ0) is 28.4. The van der Waals surface area contributed by atoms with Crippen molar-refractivity contribution >= 4 is 11.8 Å². The highest BCUT2D eigenvalue weighted by Crippen LogP contribution is 2.15. The van der Waals surface area contributed by atoms with Gasteiger partial charge >= 0.3 is 0 Å². The number of unbranched alkanes of at least 4 members (excludes halogenated alkanes) is 4. The lowest BCUT2D eigenvalue weighted by atomic mass is 9.97. The Morgan fingerprint density at radius 1 is 0.526 bits per heavy atom. The van der Waals surface area contributed by atoms with Crippen LogP contribution in [0.2, 0.25) is 0 Å². The minimum atomic E-state index is 0.160. The second kappa shape index (κ2) is 25.3. The SMILES string of the molecule is CC(C)CCC[C@@H](C)CCNC(=O)CCCCC#CC#CCCCCC(=O)NCC[C@H](C)CCCC(C)C. The highest BCUT2D eigenvalue weighted by Gasteiger charge is 2.06. The van der Waals surface area contributed by atoms with Gasteiger partial charge in [0.2, 0.25) is 11.8 Å². The third-order valence-corrected chi connectivity index (χ3v) is 7.03. The van der Waals surface area contributed by atoms with Crippen LogP contribution in [0.3, 0.4) is 0 Å². The summed E-state index contributed by atoms with van der Waals surface area (Å²) in [6.45, 7) is 15.2. The second-order valence-electron chi connectivity index (χ2n) is 12.2. The molecule has 0 aliphatic heterocycles. The summed E-state index contributed by atoms with van der Waals surface area (Å²) in [5, 5.41) is 6.11. The highest BCUT2D eigenvalue weighted by molar-refractivity contribution is 5.76. The van der Waals surface area contributed by atoms with Crippen LogP contribution < -0.4 is 10.6 Å². The van der Waals surface area contributed by atoms with Crippen LogP contribution in [0.1, 0.15) is 144 Å². The van der Waals surface area contributed by atoms with Gasteiger partial charge in [0.05, 0.1) is 0 Å². The molecule has 2 N–H and O–H groups in total. The first-order chi connectivity index (χ1) is 18.2. The fraction of sp³-hybridized carbons (Fsp3) is 0.824. The van der Waals surface area contributed by atoms with Crippen LogP contribution in [-0.2, 0) is 9.59 Å². The van der Waals surface area contributed by atoms with E-state index in [9.17, 15) is 9.59 Å². The van der Waals surface area contributed by atoms with Crippen molar-refractivity contribution in [1.82, 2.24) is 10.6 Å². The number of amides is 2. The topological polar surface area (TPSA) is 58.2 Å². The third-order valence-electron chi connectivity index (χ3n) is 7.03. The summed E-state index contributed by atoms with van der Waals surface area (Å²) >= 11 is 0. The quantitative estimate of drug-likeness (QED) is 0.110. The average Bonchev–Trinajstić information content (AvgIpc) is 2.84. The fourth-order valence-corrected chi connectivity index (χ4v) is 4.34. The molecule has 4 nitrogen and oxygen atoms in total. The zero-order valence-corrected chi connectivity index (χ0v) is 25.9. The number of hydrogen-bond donors (Lipinski definition) is 2. The summed E-state index contributed by atoms with van der Waals surface area (Å²) in [7, 11) is 0. The van der Waals surface area contributed by atoms with E-state index in [1.807, 2.05) is 0 Å². The van der Waals surface area contributed by atoms with E-state index in [-0.39, 0.29) is 11.8 Å². The third kappa shape index (κ3) is 27.1. The van der Waals surface area contributed by atoms with Crippen molar-refractivity contribution in [2.24, 2.45) is 23.7 Å². The highest BCUT2D eigenvalue weighted by atomic mass is 16.2. The van der Waals surface area contributed by atoms with Crippen molar-refractivity contribution < 1.29 is 9.59 Å². The molecule has 0 aliphatic carbocycles. The van der Waals surface area contributed by atoms with Crippen LogP contribution in [0, 0.1) is 47.4 Å². The molecular formula is C34H60N2O2. The van der Waals surface area contributed by atoms with Crippen LogP contribution in [0.5, 0.6) is 0 Å². The van der Waals surface area contributed by atoms with E-state index in [0.717, 1.165) is 76.3 Å². The predicted molar refractivity (Wildman–Crippen MR) is 163 cm³/mol. The monoisotopic (exact) mass is 528 g/mol. The first-order valence-corrected chi connectivity index (χ1v) is 15.7. The lowest BCUT2D eigenvalue weighted by molar-refractivity contribution is -0.122. The van der Waals surface area contributed by atoms with Crippen molar-refractivity contribution in [1.29, 1.82) is 0 Å². The van der Waals surface area contributed by atoms with Crippen LogP contribution in [0.4, 0.5) is 0 Å². The molecule has 0 radical (unpaired) electrons. The maximum Gasteiger partial charge on any atom is 0.219 e. The molecule has 2 amide bonds. The molecule has 0 unspecified atom stereocenters. The average molecular weight is 529 g/mol. The van der Waals surface area contributed by atoms with Crippen LogP contribution in [0.15, 0.2) is 0 Å². The molecule has 0 heterocycles. The molecule has 2 atom stereocenters. The number of hydrogen-bond acceptors (Lipinski definition) is 2. The fourth-order valence-electron chi connectivity index (χ4n) is 4.34. The maximum atomic E-state index is 12.0. The Hall–Kier alpha value is -1.94. The van der Waals surface area contributed by atoms with Gasteiger partial charge in [-0.1, -0.05) is 91.9 Å². The van der Waals surface area contributed by atoms with Crippen molar-refractivity contribution in [2.45, 2.75) is 144 Å². The molecule has 0 aromatic carbocycles. The first-order valence-electron chi connectivity index (χ1n) is 15.7. The molecule has 0 spiro atoms. The summed E-state index contributed by atoms with van der Waals surface area (Å²) in [6.07, 6.45) is 16.2. The van der Waals surface area contributed by atoms with Gasteiger partial charge in [-0.25, -0.2) is 0 Å². The Labute approximate surface area is 236 Å². The molecular weight excluding hydrogens is 468 g/mol. The van der Waals surface area contributed by atoms with Crippen molar-refractivity contribution in [3.8, 4) is 23.7 Å². The van der Waals surface area contributed by atoms with E-state index < -0.39 is 0 Å². The summed E-state index contributed by atoms with van der Waals surface area (Å²) < 4.78 is 0. The summed E-state index contributed by atoms with van der Waals surface area (Å²) in [5.41, 5.74) is 0. The Bertz CT molecular complexity index is 658. The van der Waals surface area contributed by atoms with E-state index in [4.69, 9.17) is 0 Å². The Kier molecular flexibility index (Phi) is 24.1. The Balaban J connectivity index is 3.61. The molecule has 218 valence electrons. The molecule has 0 fully saturated rings. The minimum absolute atomic E-state index is 0.160. The zero-order valence-electron chi connectivity index (χ0n) is 25.9. The van der Waals surface area contributed by atoms with Crippen LogP contribution in [-0.4, -0.2) is 24.9 Å². The lowest BCUT2D eigenvalue weighted by Crippen LogP contribution is -2.25. The molecule has 0 rings (SSSR count). The predicted octanol–water partition coefficient (Wildman–Crippen LogP) is 8.05. The van der Waals surface area contributed by atoms with Crippen molar-refractivity contribution in [2.75, 3.05) is 13.1 Å². The van der Waals surface area contributed by atoms with E-state index in [2.05, 4.69) is 75.9 Å². The first kappa shape index (κ1) is 36.1. The minimum Gasteiger partial charge on any atom is -0.356 e. The number of rotatable bonds is 22.